The predicted molar refractivity (Wildman–Crippen MR) is 123 cm³/mol. The number of allylic oxidation sites excluding steroid dienone is 2. The molecular weight excluding hydrogens is 384 g/mol. The molecule has 1 aliphatic rings. The quantitative estimate of drug-likeness (QED) is 0.476. The molecule has 5 heteroatoms. The summed E-state index contributed by atoms with van der Waals surface area (Å²) in [5.41, 5.74) is 6.31. The minimum Gasteiger partial charge on any atom is -0.360 e. The molecule has 1 atom stereocenters. The van der Waals surface area contributed by atoms with Gasteiger partial charge in [0.1, 0.15) is 12.3 Å². The Kier molecular flexibility index (Phi) is 4.99. The number of aldehydes is 1. The second kappa shape index (κ2) is 8.24. The monoisotopic (exact) mass is 404 g/mol. The van der Waals surface area contributed by atoms with E-state index >= 15 is 0 Å². The summed E-state index contributed by atoms with van der Waals surface area (Å²) in [4.78, 5) is 26.6. The molecule has 0 radical (unpaired) electrons. The van der Waals surface area contributed by atoms with Gasteiger partial charge in [-0.1, -0.05) is 30.3 Å². The maximum Gasteiger partial charge on any atom is 0.147 e. The van der Waals surface area contributed by atoms with Gasteiger partial charge >= 0.3 is 0 Å². The standard InChI is InChI=1S/C26H20N4O/c31-18-26-22(19-11-12-25(29-16-19)24-10-6-14-28-24)15-20(23-9-4-5-13-27-23)17-30(26)21-7-2-1-3-8-21/h1-18,26,28H. The topological polar surface area (TPSA) is 61.9 Å². The van der Waals surface area contributed by atoms with Gasteiger partial charge in [-0.2, -0.15) is 0 Å². The molecular formula is C26H20N4O. The highest BCUT2D eigenvalue weighted by Gasteiger charge is 2.27. The van der Waals surface area contributed by atoms with Crippen LogP contribution in [-0.4, -0.2) is 27.3 Å². The molecule has 31 heavy (non-hydrogen) atoms. The number of H-pyrrole nitrogens is 1. The predicted octanol–water partition coefficient (Wildman–Crippen LogP) is 4.98. The molecule has 0 fully saturated rings. The van der Waals surface area contributed by atoms with Gasteiger partial charge in [-0.05, 0) is 59.7 Å². The van der Waals surface area contributed by atoms with Crippen LogP contribution in [-0.2, 0) is 4.79 Å². The van der Waals surface area contributed by atoms with Crippen molar-refractivity contribution in [2.45, 2.75) is 6.04 Å². The van der Waals surface area contributed by atoms with Crippen LogP contribution >= 0.6 is 0 Å². The smallest absolute Gasteiger partial charge is 0.147 e. The van der Waals surface area contributed by atoms with Crippen LogP contribution in [0.2, 0.25) is 0 Å². The van der Waals surface area contributed by atoms with Crippen molar-refractivity contribution in [1.29, 1.82) is 0 Å². The highest BCUT2D eigenvalue weighted by Crippen LogP contribution is 2.34. The van der Waals surface area contributed by atoms with Crippen molar-refractivity contribution in [1.82, 2.24) is 15.0 Å². The van der Waals surface area contributed by atoms with E-state index in [9.17, 15) is 4.79 Å². The van der Waals surface area contributed by atoms with E-state index in [2.05, 4.69) is 15.0 Å². The number of anilines is 1. The third kappa shape index (κ3) is 3.69. The summed E-state index contributed by atoms with van der Waals surface area (Å²) in [7, 11) is 0. The van der Waals surface area contributed by atoms with E-state index < -0.39 is 6.04 Å². The van der Waals surface area contributed by atoms with Crippen LogP contribution < -0.4 is 4.90 Å². The van der Waals surface area contributed by atoms with Gasteiger partial charge in [-0.15, -0.1) is 0 Å². The Morgan fingerprint density at radius 2 is 1.74 bits per heavy atom. The zero-order chi connectivity index (χ0) is 21.0. The van der Waals surface area contributed by atoms with Crippen LogP contribution in [0.25, 0.3) is 22.5 Å². The molecule has 1 aliphatic heterocycles. The van der Waals surface area contributed by atoms with Crippen LogP contribution in [0, 0.1) is 0 Å². The first kappa shape index (κ1) is 18.8. The molecule has 5 nitrogen and oxygen atoms in total. The number of aromatic amines is 1. The van der Waals surface area contributed by atoms with Gasteiger partial charge < -0.3 is 14.7 Å². The van der Waals surface area contributed by atoms with E-state index in [0.717, 1.165) is 45.8 Å². The number of rotatable bonds is 5. The van der Waals surface area contributed by atoms with Crippen molar-refractivity contribution in [2.24, 2.45) is 0 Å². The highest BCUT2D eigenvalue weighted by molar-refractivity contribution is 5.98. The molecule has 1 unspecified atom stereocenters. The van der Waals surface area contributed by atoms with E-state index in [4.69, 9.17) is 0 Å². The van der Waals surface area contributed by atoms with E-state index in [1.165, 1.54) is 0 Å². The van der Waals surface area contributed by atoms with Gasteiger partial charge in [-0.25, -0.2) is 0 Å². The first-order valence-corrected chi connectivity index (χ1v) is 10.1. The second-order valence-corrected chi connectivity index (χ2v) is 7.24. The molecule has 3 aromatic heterocycles. The Hall–Kier alpha value is -4.25. The number of pyridine rings is 2. The Labute approximate surface area is 180 Å². The maximum absolute atomic E-state index is 12.3. The van der Waals surface area contributed by atoms with Crippen molar-refractivity contribution in [3.8, 4) is 11.4 Å². The fourth-order valence-electron chi connectivity index (χ4n) is 3.79. The van der Waals surface area contributed by atoms with Gasteiger partial charge in [0.15, 0.2) is 0 Å². The SMILES string of the molecule is O=CC1C(c2ccc(-c3ccc[nH]3)nc2)=CC(c2ccccn2)=CN1c1ccccc1. The number of nitrogens with zero attached hydrogens (tertiary/aromatic N) is 3. The summed E-state index contributed by atoms with van der Waals surface area (Å²) in [6.45, 7) is 0. The molecule has 0 saturated heterocycles. The average Bonchev–Trinajstić information content (AvgIpc) is 3.39. The van der Waals surface area contributed by atoms with Gasteiger partial charge in [0, 0.05) is 36.1 Å². The lowest BCUT2D eigenvalue weighted by molar-refractivity contribution is -0.107. The Balaban J connectivity index is 1.61. The largest absolute Gasteiger partial charge is 0.360 e. The number of nitrogens with one attached hydrogen (secondary N) is 1. The number of benzene rings is 1. The van der Waals surface area contributed by atoms with E-state index in [0.29, 0.717) is 0 Å². The average molecular weight is 404 g/mol. The number of para-hydroxylation sites is 1. The Morgan fingerprint density at radius 1 is 0.871 bits per heavy atom. The van der Waals surface area contributed by atoms with Crippen LogP contribution in [0.5, 0.6) is 0 Å². The molecule has 0 spiro atoms. The van der Waals surface area contributed by atoms with Gasteiger partial charge in [0.25, 0.3) is 0 Å². The van der Waals surface area contributed by atoms with E-state index in [1.807, 2.05) is 102 Å². The zero-order valence-corrected chi connectivity index (χ0v) is 16.7. The number of carbonyl (C=O) groups is 1. The van der Waals surface area contributed by atoms with Crippen molar-refractivity contribution >= 4 is 23.1 Å². The van der Waals surface area contributed by atoms with Crippen LogP contribution in [0.3, 0.4) is 0 Å². The Bertz CT molecular complexity index is 1230. The highest BCUT2D eigenvalue weighted by atomic mass is 16.1. The number of aromatic nitrogens is 3. The fourth-order valence-corrected chi connectivity index (χ4v) is 3.79. The number of hydrogen-bond donors (Lipinski definition) is 1. The molecule has 0 aliphatic carbocycles. The number of hydrogen-bond acceptors (Lipinski definition) is 4. The first-order chi connectivity index (χ1) is 15.3. The molecule has 5 rings (SSSR count). The summed E-state index contributed by atoms with van der Waals surface area (Å²) in [6, 6.07) is 23.2. The zero-order valence-electron chi connectivity index (χ0n) is 16.7. The summed E-state index contributed by atoms with van der Waals surface area (Å²) >= 11 is 0. The molecule has 4 heterocycles. The summed E-state index contributed by atoms with van der Waals surface area (Å²) in [5, 5.41) is 0. The van der Waals surface area contributed by atoms with Crippen LogP contribution in [0.1, 0.15) is 11.3 Å². The molecule has 4 aromatic rings. The van der Waals surface area contributed by atoms with E-state index in [-0.39, 0.29) is 0 Å². The van der Waals surface area contributed by atoms with Gasteiger partial charge in [-0.3, -0.25) is 9.97 Å². The molecule has 150 valence electrons. The lowest BCUT2D eigenvalue weighted by atomic mass is 9.92. The van der Waals surface area contributed by atoms with Crippen molar-refractivity contribution < 1.29 is 4.79 Å². The Morgan fingerprint density at radius 3 is 2.42 bits per heavy atom. The molecule has 1 N–H and O–H groups in total. The number of carbonyl (C=O) groups excluding carboxylic acids is 1. The van der Waals surface area contributed by atoms with Crippen molar-refractivity contribution in [3.63, 3.8) is 0 Å². The van der Waals surface area contributed by atoms with Gasteiger partial charge in [0.2, 0.25) is 0 Å². The third-order valence-electron chi connectivity index (χ3n) is 5.32. The lowest BCUT2D eigenvalue weighted by Gasteiger charge is -2.33. The summed E-state index contributed by atoms with van der Waals surface area (Å²) < 4.78 is 0. The normalized spacial score (nSPS) is 15.9. The fraction of sp³-hybridized carbons (Fsp3) is 0.0385. The van der Waals surface area contributed by atoms with Crippen LogP contribution in [0.4, 0.5) is 5.69 Å². The van der Waals surface area contributed by atoms with Gasteiger partial charge in [0.05, 0.1) is 17.1 Å². The molecule has 0 amide bonds. The lowest BCUT2D eigenvalue weighted by Crippen LogP contribution is -2.35. The van der Waals surface area contributed by atoms with E-state index in [1.54, 1.807) is 6.20 Å². The third-order valence-corrected chi connectivity index (χ3v) is 5.32. The summed E-state index contributed by atoms with van der Waals surface area (Å²) in [5.74, 6) is 0. The molecule has 0 bridgehead atoms. The molecule has 1 aromatic carbocycles. The minimum absolute atomic E-state index is 0.465. The van der Waals surface area contributed by atoms with Crippen LogP contribution in [0.15, 0.2) is 104 Å². The maximum atomic E-state index is 12.3. The van der Waals surface area contributed by atoms with Crippen molar-refractivity contribution in [2.75, 3.05) is 4.90 Å². The molecule has 0 saturated carbocycles. The second-order valence-electron chi connectivity index (χ2n) is 7.24. The first-order valence-electron chi connectivity index (χ1n) is 10.1. The minimum atomic E-state index is -0.465. The van der Waals surface area contributed by atoms with Crippen molar-refractivity contribution in [3.05, 3.63) is 115 Å². The summed E-state index contributed by atoms with van der Waals surface area (Å²) in [6.07, 6.45) is 10.5.